The van der Waals surface area contributed by atoms with Gasteiger partial charge in [0, 0.05) is 45.8 Å². The SMILES string of the molecule is CC(C)(c1cccc(-c2[c-]cc(F)cc2F)n1)c1ccc(F)c(-c2[c-]cc(F)cc2F)n1.[Pt+2]. The Morgan fingerprint density at radius 2 is 1.27 bits per heavy atom. The van der Waals surface area contributed by atoms with Gasteiger partial charge in [0.15, 0.2) is 0 Å². The maximum Gasteiger partial charge on any atom is 2.00 e. The number of hydrogen-bond acceptors (Lipinski definition) is 2. The minimum atomic E-state index is -0.992. The van der Waals surface area contributed by atoms with Crippen LogP contribution in [0.25, 0.3) is 22.5 Å². The van der Waals surface area contributed by atoms with Crippen LogP contribution in [0.1, 0.15) is 25.2 Å². The van der Waals surface area contributed by atoms with E-state index in [0.29, 0.717) is 17.5 Å². The Labute approximate surface area is 201 Å². The van der Waals surface area contributed by atoms with Crippen LogP contribution in [0.15, 0.2) is 54.6 Å². The minimum absolute atomic E-state index is 0. The Morgan fingerprint density at radius 3 is 1.88 bits per heavy atom. The van der Waals surface area contributed by atoms with Crippen molar-refractivity contribution in [3.8, 4) is 22.5 Å². The summed E-state index contributed by atoms with van der Waals surface area (Å²) in [5.74, 6) is -4.19. The Kier molecular flexibility index (Phi) is 7.13. The second-order valence-electron chi connectivity index (χ2n) is 7.64. The third-order valence-corrected chi connectivity index (χ3v) is 5.08. The van der Waals surface area contributed by atoms with Gasteiger partial charge in [-0.15, -0.1) is 24.3 Å². The summed E-state index contributed by atoms with van der Waals surface area (Å²) in [7, 11) is 0. The molecular formula is C25H15F5N2Pt. The monoisotopic (exact) mass is 633 g/mol. The van der Waals surface area contributed by atoms with Gasteiger partial charge in [0.25, 0.3) is 0 Å². The molecule has 0 radical (unpaired) electrons. The summed E-state index contributed by atoms with van der Waals surface area (Å²) in [5, 5.41) is 0. The molecule has 0 aliphatic carbocycles. The fourth-order valence-electron chi connectivity index (χ4n) is 3.29. The number of hydrogen-bond donors (Lipinski definition) is 0. The standard InChI is InChI=1S/C25H15F5N2.Pt/c1-25(2,22-5-3-4-21(31-22)16-8-6-14(26)12-19(16)29)23-11-10-18(28)24(32-23)17-9-7-15(27)13-20(17)30;/h3-7,10-13H,1-2H3;/q-2;+2. The van der Waals surface area contributed by atoms with Crippen molar-refractivity contribution >= 4 is 0 Å². The molecule has 4 rings (SSSR count). The average molecular weight is 633 g/mol. The zero-order valence-corrected chi connectivity index (χ0v) is 19.6. The molecule has 0 aliphatic rings. The minimum Gasteiger partial charge on any atom is -0.300 e. The van der Waals surface area contributed by atoms with Crippen LogP contribution in [0.4, 0.5) is 22.0 Å². The summed E-state index contributed by atoms with van der Waals surface area (Å²) >= 11 is 0. The van der Waals surface area contributed by atoms with Crippen molar-refractivity contribution in [2.24, 2.45) is 0 Å². The van der Waals surface area contributed by atoms with Gasteiger partial charge in [0.05, 0.1) is 0 Å². The summed E-state index contributed by atoms with van der Waals surface area (Å²) in [4.78, 5) is 8.75. The molecule has 0 fully saturated rings. The molecule has 0 saturated heterocycles. The number of nitrogens with zero attached hydrogens (tertiary/aromatic N) is 2. The van der Waals surface area contributed by atoms with Gasteiger partial charge in [-0.2, -0.15) is 0 Å². The van der Waals surface area contributed by atoms with Crippen LogP contribution in [0.3, 0.4) is 0 Å². The maximum absolute atomic E-state index is 14.5. The molecule has 8 heteroatoms. The first-order valence-electron chi connectivity index (χ1n) is 9.55. The van der Waals surface area contributed by atoms with E-state index in [2.05, 4.69) is 22.1 Å². The van der Waals surface area contributed by atoms with Crippen LogP contribution < -0.4 is 0 Å². The van der Waals surface area contributed by atoms with Crippen molar-refractivity contribution in [3.05, 3.63) is 107 Å². The van der Waals surface area contributed by atoms with Crippen LogP contribution in [0.5, 0.6) is 0 Å². The molecule has 2 aromatic carbocycles. The topological polar surface area (TPSA) is 25.8 Å². The first-order valence-corrected chi connectivity index (χ1v) is 9.55. The summed E-state index contributed by atoms with van der Waals surface area (Å²) in [6.45, 7) is 3.52. The number of aromatic nitrogens is 2. The first-order chi connectivity index (χ1) is 15.2. The maximum atomic E-state index is 14.5. The van der Waals surface area contributed by atoms with E-state index in [9.17, 15) is 22.0 Å². The van der Waals surface area contributed by atoms with Crippen LogP contribution >= 0.6 is 0 Å². The Balaban J connectivity index is 0.00000306. The molecule has 0 atom stereocenters. The predicted molar refractivity (Wildman–Crippen MR) is 109 cm³/mol. The number of benzene rings is 2. The smallest absolute Gasteiger partial charge is 0.300 e. The van der Waals surface area contributed by atoms with Crippen molar-refractivity contribution in [2.45, 2.75) is 19.3 Å². The molecule has 33 heavy (non-hydrogen) atoms. The largest absolute Gasteiger partial charge is 2.00 e. The molecule has 170 valence electrons. The molecular weight excluding hydrogens is 618 g/mol. The number of halogens is 5. The van der Waals surface area contributed by atoms with Gasteiger partial charge in [0.2, 0.25) is 0 Å². The molecule has 2 aromatic heterocycles. The van der Waals surface area contributed by atoms with Gasteiger partial charge >= 0.3 is 21.1 Å². The second-order valence-corrected chi connectivity index (χ2v) is 7.64. The fraction of sp³-hybridized carbons (Fsp3) is 0.120. The van der Waals surface area contributed by atoms with E-state index in [-0.39, 0.29) is 43.6 Å². The third kappa shape index (κ3) is 4.88. The molecule has 2 nitrogen and oxygen atoms in total. The number of pyridine rings is 2. The molecule has 0 bridgehead atoms. The van der Waals surface area contributed by atoms with E-state index < -0.39 is 34.5 Å². The normalized spacial score (nSPS) is 11.2. The quantitative estimate of drug-likeness (QED) is 0.191. The van der Waals surface area contributed by atoms with E-state index in [4.69, 9.17) is 0 Å². The molecule has 0 saturated carbocycles. The molecule has 0 unspecified atom stereocenters. The van der Waals surface area contributed by atoms with Gasteiger partial charge in [-0.25, -0.2) is 4.39 Å². The molecule has 0 aliphatic heterocycles. The second kappa shape index (κ2) is 9.52. The van der Waals surface area contributed by atoms with Crippen molar-refractivity contribution in [1.29, 1.82) is 0 Å². The zero-order chi connectivity index (χ0) is 23.0. The summed E-state index contributed by atoms with van der Waals surface area (Å²) in [6.07, 6.45) is 0. The van der Waals surface area contributed by atoms with Crippen molar-refractivity contribution < 1.29 is 43.0 Å². The fourth-order valence-corrected chi connectivity index (χ4v) is 3.29. The molecule has 0 N–H and O–H groups in total. The molecule has 0 spiro atoms. The molecule has 2 heterocycles. The molecule has 4 aromatic rings. The predicted octanol–water partition coefficient (Wildman–Crippen LogP) is 6.43. The van der Waals surface area contributed by atoms with Crippen LogP contribution in [0.2, 0.25) is 0 Å². The van der Waals surface area contributed by atoms with Gasteiger partial charge in [-0.05, 0) is 37.7 Å². The Hall–Kier alpha value is -2.92. The van der Waals surface area contributed by atoms with Gasteiger partial charge in [-0.3, -0.25) is 22.5 Å². The van der Waals surface area contributed by atoms with Crippen molar-refractivity contribution in [3.63, 3.8) is 0 Å². The summed E-state index contributed by atoms with van der Waals surface area (Å²) in [5.41, 5.74) is -0.493. The van der Waals surface area contributed by atoms with Crippen molar-refractivity contribution in [1.82, 2.24) is 9.97 Å². The first kappa shape index (κ1) is 24.7. The van der Waals surface area contributed by atoms with E-state index >= 15 is 0 Å². The van der Waals surface area contributed by atoms with E-state index in [1.165, 1.54) is 6.07 Å². The van der Waals surface area contributed by atoms with Crippen LogP contribution in [-0.4, -0.2) is 9.97 Å². The third-order valence-electron chi connectivity index (χ3n) is 5.08. The molecule has 0 amide bonds. The van der Waals surface area contributed by atoms with E-state index in [0.717, 1.165) is 24.3 Å². The Bertz CT molecular complexity index is 1320. The zero-order valence-electron chi connectivity index (χ0n) is 17.3. The van der Waals surface area contributed by atoms with E-state index in [1.807, 2.05) is 0 Å². The summed E-state index contributed by atoms with van der Waals surface area (Å²) in [6, 6.07) is 15.6. The van der Waals surface area contributed by atoms with Gasteiger partial charge in [-0.1, -0.05) is 35.4 Å². The Morgan fingerprint density at radius 1 is 0.697 bits per heavy atom. The van der Waals surface area contributed by atoms with Gasteiger partial charge < -0.3 is 4.98 Å². The van der Waals surface area contributed by atoms with Crippen LogP contribution in [0, 0.1) is 41.2 Å². The van der Waals surface area contributed by atoms with Gasteiger partial charge in [0.1, 0.15) is 5.82 Å². The average Bonchev–Trinajstić information content (AvgIpc) is 2.74. The van der Waals surface area contributed by atoms with Crippen molar-refractivity contribution in [2.75, 3.05) is 0 Å². The van der Waals surface area contributed by atoms with Crippen LogP contribution in [-0.2, 0) is 26.5 Å². The summed E-state index contributed by atoms with van der Waals surface area (Å²) < 4.78 is 69.4. The number of rotatable bonds is 4. The van der Waals surface area contributed by atoms with E-state index in [1.54, 1.807) is 32.0 Å².